The number of carbonyl (C=O) groups is 1. The third kappa shape index (κ3) is 4.41. The fourth-order valence-electron chi connectivity index (χ4n) is 3.08. The van der Waals surface area contributed by atoms with Crippen molar-refractivity contribution < 1.29 is 23.4 Å². The van der Waals surface area contributed by atoms with Crippen molar-refractivity contribution >= 4 is 30.2 Å². The Bertz CT molecular complexity index is 433. The molecule has 3 atom stereocenters. The Morgan fingerprint density at radius 2 is 1.75 bits per heavy atom. The van der Waals surface area contributed by atoms with Gasteiger partial charge >= 0.3 is 5.97 Å². The van der Waals surface area contributed by atoms with Crippen molar-refractivity contribution in [3.63, 3.8) is 0 Å². The van der Waals surface area contributed by atoms with E-state index in [2.05, 4.69) is 49.8 Å². The van der Waals surface area contributed by atoms with Crippen molar-refractivity contribution in [2.24, 2.45) is 5.92 Å². The molecule has 1 unspecified atom stereocenters. The molecule has 142 valence electrons. The summed E-state index contributed by atoms with van der Waals surface area (Å²) in [6.45, 7) is 11.1. The minimum atomic E-state index is -2.00. The van der Waals surface area contributed by atoms with Crippen LogP contribution in [0, 0.1) is 5.92 Å². The molecule has 0 aromatic carbocycles. The van der Waals surface area contributed by atoms with Crippen LogP contribution in [0.2, 0.25) is 18.1 Å². The van der Waals surface area contributed by atoms with Gasteiger partial charge < -0.3 is 18.6 Å². The highest BCUT2D eigenvalue weighted by Gasteiger charge is 2.56. The maximum atomic E-state index is 12.5. The van der Waals surface area contributed by atoms with Gasteiger partial charge in [0.1, 0.15) is 4.32 Å². The van der Waals surface area contributed by atoms with E-state index in [0.717, 1.165) is 12.8 Å². The Hall–Kier alpha value is 0.0469. The average molecular weight is 425 g/mol. The van der Waals surface area contributed by atoms with E-state index < -0.39 is 18.9 Å². The normalized spacial score (nSPS) is 28.9. The quantitative estimate of drug-likeness (QED) is 0.278. The smallest absolute Gasteiger partial charge is 0.323 e. The van der Waals surface area contributed by atoms with Gasteiger partial charge in [-0.25, -0.2) is 0 Å². The van der Waals surface area contributed by atoms with E-state index in [1.807, 2.05) is 0 Å². The lowest BCUT2D eigenvalue weighted by atomic mass is 9.76. The monoisotopic (exact) mass is 424 g/mol. The topological polar surface area (TPSA) is 54.0 Å². The molecule has 1 aliphatic rings. The second-order valence-electron chi connectivity index (χ2n) is 8.03. The van der Waals surface area contributed by atoms with E-state index in [0.29, 0.717) is 6.42 Å². The van der Waals surface area contributed by atoms with Crippen molar-refractivity contribution in [1.29, 1.82) is 0 Å². The lowest BCUT2D eigenvalue weighted by Gasteiger charge is -2.49. The third-order valence-corrected chi connectivity index (χ3v) is 11.2. The van der Waals surface area contributed by atoms with E-state index in [-0.39, 0.29) is 23.0 Å². The van der Waals surface area contributed by atoms with E-state index in [1.54, 1.807) is 14.2 Å². The van der Waals surface area contributed by atoms with Crippen LogP contribution in [0.5, 0.6) is 0 Å². The van der Waals surface area contributed by atoms with Gasteiger partial charge in [0, 0.05) is 14.2 Å². The standard InChI is InChI=1S/C17H33BrO5Si/c1-16(2,3)24(7,8)23-12-10-9-11-17(18,15(19)22-6)13(12)14(20-4)21-5/h12-14H,9-11H2,1-8H3/t12-,13-,17?/m0/s1. The predicted molar refractivity (Wildman–Crippen MR) is 101 cm³/mol. The predicted octanol–water partition coefficient (Wildman–Crippen LogP) is 4.10. The summed E-state index contributed by atoms with van der Waals surface area (Å²) in [6, 6.07) is 0. The number of esters is 1. The molecule has 1 fully saturated rings. The fraction of sp³-hybridized carbons (Fsp3) is 0.941. The molecular weight excluding hydrogens is 392 g/mol. The largest absolute Gasteiger partial charge is 0.468 e. The van der Waals surface area contributed by atoms with E-state index >= 15 is 0 Å². The first-order valence-corrected chi connectivity index (χ1v) is 12.2. The van der Waals surface area contributed by atoms with Gasteiger partial charge in [-0.15, -0.1) is 0 Å². The lowest BCUT2D eigenvalue weighted by molar-refractivity contribution is -0.185. The molecule has 0 aliphatic heterocycles. The van der Waals surface area contributed by atoms with E-state index in [4.69, 9.17) is 18.6 Å². The minimum Gasteiger partial charge on any atom is -0.468 e. The fourth-order valence-corrected chi connectivity index (χ4v) is 5.40. The van der Waals surface area contributed by atoms with Crippen molar-refractivity contribution in [2.75, 3.05) is 21.3 Å². The van der Waals surface area contributed by atoms with Crippen LogP contribution in [-0.4, -0.2) is 52.3 Å². The second-order valence-corrected chi connectivity index (χ2v) is 14.2. The first-order chi connectivity index (χ1) is 10.9. The number of carbonyl (C=O) groups excluding carboxylic acids is 1. The molecule has 0 amide bonds. The molecule has 0 aromatic heterocycles. The molecule has 0 radical (unpaired) electrons. The van der Waals surface area contributed by atoms with E-state index in [9.17, 15) is 4.79 Å². The number of halogens is 1. The van der Waals surface area contributed by atoms with Gasteiger partial charge in [-0.05, 0) is 37.4 Å². The summed E-state index contributed by atoms with van der Waals surface area (Å²) in [7, 11) is 2.60. The van der Waals surface area contributed by atoms with Crippen LogP contribution in [0.25, 0.3) is 0 Å². The van der Waals surface area contributed by atoms with Gasteiger partial charge in [-0.1, -0.05) is 36.7 Å². The Labute approximate surface area is 156 Å². The van der Waals surface area contributed by atoms with Gasteiger partial charge in [-0.3, -0.25) is 4.79 Å². The first-order valence-electron chi connectivity index (χ1n) is 8.45. The van der Waals surface area contributed by atoms with Gasteiger partial charge in [-0.2, -0.15) is 0 Å². The van der Waals surface area contributed by atoms with Gasteiger partial charge in [0.25, 0.3) is 0 Å². The highest BCUT2D eigenvalue weighted by molar-refractivity contribution is 9.10. The van der Waals surface area contributed by atoms with Crippen LogP contribution in [-0.2, 0) is 23.4 Å². The molecule has 0 aromatic rings. The molecule has 0 spiro atoms. The van der Waals surface area contributed by atoms with Crippen molar-refractivity contribution in [3.05, 3.63) is 0 Å². The Morgan fingerprint density at radius 1 is 1.21 bits per heavy atom. The highest BCUT2D eigenvalue weighted by atomic mass is 79.9. The Balaban J connectivity index is 3.23. The number of methoxy groups -OCH3 is 3. The number of hydrogen-bond donors (Lipinski definition) is 0. The van der Waals surface area contributed by atoms with Crippen LogP contribution in [0.3, 0.4) is 0 Å². The number of hydrogen-bond acceptors (Lipinski definition) is 5. The highest BCUT2D eigenvalue weighted by Crippen LogP contribution is 2.48. The zero-order valence-corrected chi connectivity index (χ0v) is 18.9. The molecule has 0 N–H and O–H groups in total. The Kier molecular flexibility index (Phi) is 7.51. The van der Waals surface area contributed by atoms with Crippen molar-refractivity contribution in [2.45, 2.75) is 74.9 Å². The average Bonchev–Trinajstić information content (AvgIpc) is 2.48. The van der Waals surface area contributed by atoms with Gasteiger partial charge in [0.15, 0.2) is 14.6 Å². The summed E-state index contributed by atoms with van der Waals surface area (Å²) < 4.78 is 22.0. The summed E-state index contributed by atoms with van der Waals surface area (Å²) in [6.07, 6.45) is 1.77. The number of rotatable bonds is 6. The SMILES string of the molecule is COC(=O)C1(Br)CCC[C@H](O[Si](C)(C)C(C)(C)C)[C@H]1C(OC)OC. The maximum Gasteiger partial charge on any atom is 0.323 e. The second kappa shape index (κ2) is 8.16. The summed E-state index contributed by atoms with van der Waals surface area (Å²) in [5.41, 5.74) is 0. The van der Waals surface area contributed by atoms with Crippen LogP contribution >= 0.6 is 15.9 Å². The number of alkyl halides is 1. The van der Waals surface area contributed by atoms with Gasteiger partial charge in [0.05, 0.1) is 19.1 Å². The maximum absolute atomic E-state index is 12.5. The molecule has 5 nitrogen and oxygen atoms in total. The minimum absolute atomic E-state index is 0.0882. The van der Waals surface area contributed by atoms with Crippen LogP contribution < -0.4 is 0 Å². The molecule has 0 heterocycles. The molecule has 1 rings (SSSR count). The lowest BCUT2D eigenvalue weighted by Crippen LogP contribution is -2.58. The number of ether oxygens (including phenoxy) is 3. The molecule has 1 saturated carbocycles. The molecule has 0 bridgehead atoms. The molecular formula is C17H33BrO5Si. The molecule has 0 saturated heterocycles. The molecule has 1 aliphatic carbocycles. The summed E-state index contributed by atoms with van der Waals surface area (Å²) in [5, 5.41) is 0.0882. The summed E-state index contributed by atoms with van der Waals surface area (Å²) in [5.74, 6) is -0.571. The summed E-state index contributed by atoms with van der Waals surface area (Å²) >= 11 is 3.67. The first kappa shape index (κ1) is 22.1. The van der Waals surface area contributed by atoms with Crippen LogP contribution in [0.4, 0.5) is 0 Å². The Morgan fingerprint density at radius 3 is 2.17 bits per heavy atom. The van der Waals surface area contributed by atoms with E-state index in [1.165, 1.54) is 7.11 Å². The van der Waals surface area contributed by atoms with Gasteiger partial charge in [0.2, 0.25) is 0 Å². The van der Waals surface area contributed by atoms with Crippen molar-refractivity contribution in [3.8, 4) is 0 Å². The zero-order chi connectivity index (χ0) is 18.8. The third-order valence-electron chi connectivity index (χ3n) is 5.49. The molecule has 7 heteroatoms. The van der Waals surface area contributed by atoms with Crippen LogP contribution in [0.15, 0.2) is 0 Å². The van der Waals surface area contributed by atoms with Crippen LogP contribution in [0.1, 0.15) is 40.0 Å². The summed E-state index contributed by atoms with van der Waals surface area (Å²) in [4.78, 5) is 12.5. The zero-order valence-electron chi connectivity index (χ0n) is 16.3. The van der Waals surface area contributed by atoms with Crippen molar-refractivity contribution in [1.82, 2.24) is 0 Å². The molecule has 24 heavy (non-hydrogen) atoms.